The minimum absolute atomic E-state index is 0.0126. The van der Waals surface area contributed by atoms with E-state index >= 15 is 0 Å². The van der Waals surface area contributed by atoms with E-state index in [0.29, 0.717) is 6.61 Å². The molecule has 124 valence electrons. The monoisotopic (exact) mass is 316 g/mol. The number of hydrogen-bond donors (Lipinski definition) is 0. The molecule has 3 rings (SSSR count). The van der Waals surface area contributed by atoms with Crippen LogP contribution in [0.2, 0.25) is 0 Å². The molecule has 1 atom stereocenters. The number of nitrogens with zero attached hydrogens (tertiary/aromatic N) is 6. The molecular weight excluding hydrogens is 292 g/mol. The summed E-state index contributed by atoms with van der Waals surface area (Å²) in [5.74, 6) is 1.90. The Labute approximate surface area is 136 Å². The van der Waals surface area contributed by atoms with Crippen LogP contribution in [0.3, 0.4) is 0 Å². The first-order chi connectivity index (χ1) is 11.2. The lowest BCUT2D eigenvalue weighted by Gasteiger charge is -2.32. The molecule has 23 heavy (non-hydrogen) atoms. The summed E-state index contributed by atoms with van der Waals surface area (Å²) in [5.41, 5.74) is 1.27. The Hall–Kier alpha value is -1.99. The molecule has 3 heterocycles. The van der Waals surface area contributed by atoms with Crippen molar-refractivity contribution in [1.29, 1.82) is 0 Å². The van der Waals surface area contributed by atoms with Gasteiger partial charge in [-0.05, 0) is 24.6 Å². The highest BCUT2D eigenvalue weighted by atomic mass is 16.5. The lowest BCUT2D eigenvalue weighted by molar-refractivity contribution is -0.0388. The standard InChI is InChI=1S/C16H24N6O/c1-4-22-12-18-19-16(22)14-11-21(7-8-23-14)10-13-5-6-17-15(9-13)20(2)3/h5-6,9,12,14H,4,7-8,10-11H2,1-3H3/t14-/m0/s1. The fraction of sp³-hybridized carbons (Fsp3) is 0.562. The van der Waals surface area contributed by atoms with Gasteiger partial charge in [-0.3, -0.25) is 4.90 Å². The summed E-state index contributed by atoms with van der Waals surface area (Å²) in [6.45, 7) is 6.32. The molecule has 1 saturated heterocycles. The molecule has 2 aromatic rings. The number of morpholine rings is 1. The van der Waals surface area contributed by atoms with Crippen LogP contribution < -0.4 is 4.90 Å². The van der Waals surface area contributed by atoms with Crippen molar-refractivity contribution in [2.75, 3.05) is 38.7 Å². The second-order valence-corrected chi connectivity index (χ2v) is 5.99. The van der Waals surface area contributed by atoms with Gasteiger partial charge in [-0.1, -0.05) is 0 Å². The Morgan fingerprint density at radius 1 is 1.39 bits per heavy atom. The third-order valence-corrected chi connectivity index (χ3v) is 4.10. The minimum atomic E-state index is -0.0126. The second kappa shape index (κ2) is 7.06. The van der Waals surface area contributed by atoms with E-state index < -0.39 is 0 Å². The van der Waals surface area contributed by atoms with Gasteiger partial charge in [0.15, 0.2) is 5.82 Å². The van der Waals surface area contributed by atoms with Crippen molar-refractivity contribution in [2.24, 2.45) is 0 Å². The zero-order valence-corrected chi connectivity index (χ0v) is 14.0. The highest BCUT2D eigenvalue weighted by molar-refractivity contribution is 5.39. The van der Waals surface area contributed by atoms with E-state index in [1.54, 1.807) is 6.33 Å². The van der Waals surface area contributed by atoms with Crippen LogP contribution in [0.25, 0.3) is 0 Å². The Balaban J connectivity index is 1.68. The van der Waals surface area contributed by atoms with E-state index in [9.17, 15) is 0 Å². The summed E-state index contributed by atoms with van der Waals surface area (Å²) in [5, 5.41) is 8.24. The van der Waals surface area contributed by atoms with Crippen molar-refractivity contribution in [2.45, 2.75) is 26.1 Å². The van der Waals surface area contributed by atoms with Crippen molar-refractivity contribution in [3.05, 3.63) is 36.0 Å². The number of hydrogen-bond acceptors (Lipinski definition) is 6. The molecule has 1 fully saturated rings. The van der Waals surface area contributed by atoms with E-state index in [-0.39, 0.29) is 6.10 Å². The van der Waals surface area contributed by atoms with Crippen LogP contribution >= 0.6 is 0 Å². The molecular formula is C16H24N6O. The molecule has 0 bridgehead atoms. The molecule has 0 aromatic carbocycles. The largest absolute Gasteiger partial charge is 0.368 e. The molecule has 0 N–H and O–H groups in total. The second-order valence-electron chi connectivity index (χ2n) is 5.99. The van der Waals surface area contributed by atoms with Crippen LogP contribution in [-0.2, 0) is 17.8 Å². The van der Waals surface area contributed by atoms with Gasteiger partial charge in [0.2, 0.25) is 0 Å². The van der Waals surface area contributed by atoms with Crippen molar-refractivity contribution in [3.8, 4) is 0 Å². The maximum atomic E-state index is 5.91. The number of rotatable bonds is 5. The SMILES string of the molecule is CCn1cnnc1[C@@H]1CN(Cc2ccnc(N(C)C)c2)CCO1. The average Bonchev–Trinajstić information content (AvgIpc) is 3.04. The Kier molecular flexibility index (Phi) is 4.88. The lowest BCUT2D eigenvalue weighted by atomic mass is 10.2. The normalized spacial score (nSPS) is 19.0. The Morgan fingerprint density at radius 3 is 3.04 bits per heavy atom. The van der Waals surface area contributed by atoms with Crippen LogP contribution in [0.5, 0.6) is 0 Å². The number of ether oxygens (including phenoxy) is 1. The van der Waals surface area contributed by atoms with Crippen molar-refractivity contribution in [3.63, 3.8) is 0 Å². The molecule has 0 radical (unpaired) electrons. The van der Waals surface area contributed by atoms with Gasteiger partial charge in [-0.15, -0.1) is 10.2 Å². The van der Waals surface area contributed by atoms with Gasteiger partial charge in [0.1, 0.15) is 18.2 Å². The van der Waals surface area contributed by atoms with Gasteiger partial charge in [0.05, 0.1) is 6.61 Å². The van der Waals surface area contributed by atoms with E-state index in [1.165, 1.54) is 5.56 Å². The molecule has 0 aliphatic carbocycles. The molecule has 0 unspecified atom stereocenters. The first-order valence-electron chi connectivity index (χ1n) is 8.01. The molecule has 1 aliphatic rings. The van der Waals surface area contributed by atoms with Crippen molar-refractivity contribution >= 4 is 5.82 Å². The first kappa shape index (κ1) is 15.9. The van der Waals surface area contributed by atoms with Gasteiger partial charge in [-0.2, -0.15) is 0 Å². The Morgan fingerprint density at radius 2 is 2.26 bits per heavy atom. The van der Waals surface area contributed by atoms with Crippen molar-refractivity contribution < 1.29 is 4.74 Å². The highest BCUT2D eigenvalue weighted by Gasteiger charge is 2.25. The number of aryl methyl sites for hydroxylation is 1. The molecule has 7 nitrogen and oxygen atoms in total. The van der Waals surface area contributed by atoms with Crippen molar-refractivity contribution in [1.82, 2.24) is 24.6 Å². The first-order valence-corrected chi connectivity index (χ1v) is 8.01. The van der Waals surface area contributed by atoms with Crippen LogP contribution in [0, 0.1) is 0 Å². The van der Waals surface area contributed by atoms with E-state index in [2.05, 4.69) is 39.1 Å². The van der Waals surface area contributed by atoms with Crippen LogP contribution in [-0.4, -0.2) is 58.4 Å². The maximum absolute atomic E-state index is 5.91. The molecule has 1 aliphatic heterocycles. The zero-order chi connectivity index (χ0) is 16.2. The quantitative estimate of drug-likeness (QED) is 0.829. The third kappa shape index (κ3) is 3.68. The average molecular weight is 316 g/mol. The zero-order valence-electron chi connectivity index (χ0n) is 14.0. The summed E-state index contributed by atoms with van der Waals surface area (Å²) in [6.07, 6.45) is 3.63. The highest BCUT2D eigenvalue weighted by Crippen LogP contribution is 2.22. The van der Waals surface area contributed by atoms with Gasteiger partial charge < -0.3 is 14.2 Å². The summed E-state index contributed by atoms with van der Waals surface area (Å²) in [7, 11) is 4.02. The fourth-order valence-electron chi connectivity index (χ4n) is 2.82. The molecule has 0 amide bonds. The number of pyridine rings is 1. The van der Waals surface area contributed by atoms with Gasteiger partial charge >= 0.3 is 0 Å². The Bertz CT molecular complexity index is 641. The number of aromatic nitrogens is 4. The van der Waals surface area contributed by atoms with Crippen LogP contribution in [0.1, 0.15) is 24.4 Å². The summed E-state index contributed by atoms with van der Waals surface area (Å²) < 4.78 is 7.96. The predicted octanol–water partition coefficient (Wildman–Crippen LogP) is 1.33. The van der Waals surface area contributed by atoms with E-state index in [1.807, 2.05) is 29.8 Å². The lowest BCUT2D eigenvalue weighted by Crippen LogP contribution is -2.38. The van der Waals surface area contributed by atoms with Gasteiger partial charge in [0, 0.05) is 46.5 Å². The smallest absolute Gasteiger partial charge is 0.163 e. The maximum Gasteiger partial charge on any atom is 0.163 e. The summed E-state index contributed by atoms with van der Waals surface area (Å²) in [6, 6.07) is 4.21. The van der Waals surface area contributed by atoms with Crippen LogP contribution in [0.15, 0.2) is 24.7 Å². The molecule has 2 aromatic heterocycles. The predicted molar refractivity (Wildman–Crippen MR) is 88.2 cm³/mol. The van der Waals surface area contributed by atoms with Crippen LogP contribution in [0.4, 0.5) is 5.82 Å². The van der Waals surface area contributed by atoms with Gasteiger partial charge in [0.25, 0.3) is 0 Å². The minimum Gasteiger partial charge on any atom is -0.368 e. The van der Waals surface area contributed by atoms with E-state index in [0.717, 1.165) is 37.8 Å². The number of anilines is 1. The molecule has 0 saturated carbocycles. The summed E-state index contributed by atoms with van der Waals surface area (Å²) >= 11 is 0. The molecule has 7 heteroatoms. The molecule has 0 spiro atoms. The summed E-state index contributed by atoms with van der Waals surface area (Å²) in [4.78, 5) is 8.79. The topological polar surface area (TPSA) is 59.3 Å². The third-order valence-electron chi connectivity index (χ3n) is 4.10. The fourth-order valence-corrected chi connectivity index (χ4v) is 2.82. The van der Waals surface area contributed by atoms with Gasteiger partial charge in [-0.25, -0.2) is 4.98 Å². The van der Waals surface area contributed by atoms with E-state index in [4.69, 9.17) is 4.74 Å².